The smallest absolute Gasteiger partial charge is 0.148 e. The molecule has 1 aromatic heterocycles. The van der Waals surface area contributed by atoms with Crippen molar-refractivity contribution >= 4 is 5.82 Å². The first-order chi connectivity index (χ1) is 9.19. The molecule has 3 nitrogen and oxygen atoms in total. The van der Waals surface area contributed by atoms with Gasteiger partial charge in [-0.3, -0.25) is 4.68 Å². The van der Waals surface area contributed by atoms with Crippen LogP contribution in [0.25, 0.3) is 0 Å². The Hall–Kier alpha value is -1.84. The standard InChI is InChI=1S/C15H20FN3/c1-3-4-9-19-12(2)10-15(18-19)17-11-13-5-7-14(16)8-6-13/h5-8,10H,3-4,9,11H2,1-2H3,(H,17,18). The maximum absolute atomic E-state index is 12.8. The Morgan fingerprint density at radius 1 is 1.26 bits per heavy atom. The highest BCUT2D eigenvalue weighted by molar-refractivity contribution is 5.36. The predicted molar refractivity (Wildman–Crippen MR) is 75.6 cm³/mol. The molecule has 0 aliphatic carbocycles. The monoisotopic (exact) mass is 261 g/mol. The highest BCUT2D eigenvalue weighted by Gasteiger charge is 2.03. The van der Waals surface area contributed by atoms with Crippen LogP contribution in [0, 0.1) is 12.7 Å². The van der Waals surface area contributed by atoms with Gasteiger partial charge in [0.15, 0.2) is 0 Å². The molecular formula is C15H20FN3. The van der Waals surface area contributed by atoms with Crippen LogP contribution >= 0.6 is 0 Å². The molecule has 0 atom stereocenters. The van der Waals surface area contributed by atoms with Crippen molar-refractivity contribution in [1.29, 1.82) is 0 Å². The maximum atomic E-state index is 12.8. The van der Waals surface area contributed by atoms with Gasteiger partial charge in [0.1, 0.15) is 11.6 Å². The topological polar surface area (TPSA) is 29.9 Å². The molecule has 102 valence electrons. The Bertz CT molecular complexity index is 517. The van der Waals surface area contributed by atoms with Gasteiger partial charge in [0, 0.05) is 24.8 Å². The van der Waals surface area contributed by atoms with Crippen LogP contribution in [-0.4, -0.2) is 9.78 Å². The largest absolute Gasteiger partial charge is 0.365 e. The van der Waals surface area contributed by atoms with E-state index in [1.807, 2.05) is 10.7 Å². The molecule has 0 fully saturated rings. The zero-order chi connectivity index (χ0) is 13.7. The molecule has 19 heavy (non-hydrogen) atoms. The summed E-state index contributed by atoms with van der Waals surface area (Å²) in [6.45, 7) is 5.85. The van der Waals surface area contributed by atoms with Gasteiger partial charge in [0.25, 0.3) is 0 Å². The van der Waals surface area contributed by atoms with Crippen LogP contribution in [0.3, 0.4) is 0 Å². The first kappa shape index (κ1) is 13.6. The number of hydrogen-bond donors (Lipinski definition) is 1. The van der Waals surface area contributed by atoms with E-state index in [9.17, 15) is 4.39 Å². The summed E-state index contributed by atoms with van der Waals surface area (Å²) in [7, 11) is 0. The fraction of sp³-hybridized carbons (Fsp3) is 0.400. The van der Waals surface area contributed by atoms with Crippen LogP contribution in [0.15, 0.2) is 30.3 Å². The third-order valence-corrected chi connectivity index (χ3v) is 3.09. The van der Waals surface area contributed by atoms with Gasteiger partial charge >= 0.3 is 0 Å². The lowest BCUT2D eigenvalue weighted by atomic mass is 10.2. The first-order valence-corrected chi connectivity index (χ1v) is 6.72. The molecule has 1 aromatic carbocycles. The fourth-order valence-electron chi connectivity index (χ4n) is 1.93. The number of benzene rings is 1. The molecule has 2 rings (SSSR count). The first-order valence-electron chi connectivity index (χ1n) is 6.72. The van der Waals surface area contributed by atoms with Gasteiger partial charge in [-0.25, -0.2) is 4.39 Å². The summed E-state index contributed by atoms with van der Waals surface area (Å²) in [5.41, 5.74) is 2.21. The minimum atomic E-state index is -0.205. The van der Waals surface area contributed by atoms with Crippen LogP contribution in [-0.2, 0) is 13.1 Å². The minimum absolute atomic E-state index is 0.205. The molecule has 0 unspecified atom stereocenters. The second-order valence-corrected chi connectivity index (χ2v) is 4.73. The number of hydrogen-bond acceptors (Lipinski definition) is 2. The average molecular weight is 261 g/mol. The van der Waals surface area contributed by atoms with Crippen LogP contribution in [0.2, 0.25) is 0 Å². The number of nitrogens with zero attached hydrogens (tertiary/aromatic N) is 2. The molecule has 0 radical (unpaired) electrons. The third-order valence-electron chi connectivity index (χ3n) is 3.09. The van der Waals surface area contributed by atoms with E-state index >= 15 is 0 Å². The van der Waals surface area contributed by atoms with Crippen molar-refractivity contribution in [1.82, 2.24) is 9.78 Å². The highest BCUT2D eigenvalue weighted by atomic mass is 19.1. The van der Waals surface area contributed by atoms with E-state index in [4.69, 9.17) is 0 Å². The normalized spacial score (nSPS) is 10.7. The molecule has 0 aliphatic rings. The van der Waals surface area contributed by atoms with Crippen molar-refractivity contribution in [2.45, 2.75) is 39.8 Å². The van der Waals surface area contributed by atoms with Gasteiger partial charge in [-0.2, -0.15) is 5.10 Å². The maximum Gasteiger partial charge on any atom is 0.148 e. The number of unbranched alkanes of at least 4 members (excludes halogenated alkanes) is 1. The Morgan fingerprint density at radius 3 is 2.68 bits per heavy atom. The molecule has 0 amide bonds. The fourth-order valence-corrected chi connectivity index (χ4v) is 1.93. The second-order valence-electron chi connectivity index (χ2n) is 4.73. The average Bonchev–Trinajstić information content (AvgIpc) is 2.76. The Kier molecular flexibility index (Phi) is 4.55. The summed E-state index contributed by atoms with van der Waals surface area (Å²) in [4.78, 5) is 0. The number of aryl methyl sites for hydroxylation is 2. The van der Waals surface area contributed by atoms with E-state index < -0.39 is 0 Å². The van der Waals surface area contributed by atoms with E-state index in [0.717, 1.165) is 36.5 Å². The molecular weight excluding hydrogens is 241 g/mol. The molecule has 0 spiro atoms. The highest BCUT2D eigenvalue weighted by Crippen LogP contribution is 2.11. The summed E-state index contributed by atoms with van der Waals surface area (Å²) in [6, 6.07) is 8.55. The zero-order valence-electron chi connectivity index (χ0n) is 11.5. The zero-order valence-corrected chi connectivity index (χ0v) is 11.5. The van der Waals surface area contributed by atoms with Gasteiger partial charge in [0.2, 0.25) is 0 Å². The Labute approximate surface area is 113 Å². The summed E-state index contributed by atoms with van der Waals surface area (Å²) < 4.78 is 14.8. The molecule has 0 aliphatic heterocycles. The van der Waals surface area contributed by atoms with Crippen molar-refractivity contribution < 1.29 is 4.39 Å². The van der Waals surface area contributed by atoms with Crippen molar-refractivity contribution in [3.8, 4) is 0 Å². The van der Waals surface area contributed by atoms with Gasteiger partial charge < -0.3 is 5.32 Å². The summed E-state index contributed by atoms with van der Waals surface area (Å²) in [5, 5.41) is 7.78. The SMILES string of the molecule is CCCCn1nc(NCc2ccc(F)cc2)cc1C. The minimum Gasteiger partial charge on any atom is -0.365 e. The number of halogens is 1. The van der Waals surface area contributed by atoms with Crippen molar-refractivity contribution in [2.24, 2.45) is 0 Å². The van der Waals surface area contributed by atoms with Crippen molar-refractivity contribution in [3.05, 3.63) is 47.4 Å². The lowest BCUT2D eigenvalue weighted by molar-refractivity contribution is 0.560. The number of anilines is 1. The summed E-state index contributed by atoms with van der Waals surface area (Å²) in [6.07, 6.45) is 2.30. The van der Waals surface area contributed by atoms with E-state index in [0.29, 0.717) is 6.54 Å². The van der Waals surface area contributed by atoms with Crippen LogP contribution in [0.5, 0.6) is 0 Å². The lowest BCUT2D eigenvalue weighted by Crippen LogP contribution is -2.04. The number of rotatable bonds is 6. The molecule has 1 heterocycles. The van der Waals surface area contributed by atoms with E-state index in [1.54, 1.807) is 12.1 Å². The summed E-state index contributed by atoms with van der Waals surface area (Å²) >= 11 is 0. The van der Waals surface area contributed by atoms with Crippen LogP contribution in [0.4, 0.5) is 10.2 Å². The predicted octanol–water partition coefficient (Wildman–Crippen LogP) is 3.74. The lowest BCUT2D eigenvalue weighted by Gasteiger charge is -2.04. The van der Waals surface area contributed by atoms with E-state index in [2.05, 4.69) is 24.3 Å². The molecule has 0 saturated carbocycles. The quantitative estimate of drug-likeness (QED) is 0.858. The van der Waals surface area contributed by atoms with Gasteiger partial charge in [-0.1, -0.05) is 25.5 Å². The van der Waals surface area contributed by atoms with Gasteiger partial charge in [-0.05, 0) is 31.0 Å². The van der Waals surface area contributed by atoms with Crippen molar-refractivity contribution in [2.75, 3.05) is 5.32 Å². The third kappa shape index (κ3) is 3.81. The molecule has 0 saturated heterocycles. The van der Waals surface area contributed by atoms with Gasteiger partial charge in [0.05, 0.1) is 0 Å². The molecule has 4 heteroatoms. The van der Waals surface area contributed by atoms with E-state index in [1.165, 1.54) is 12.1 Å². The van der Waals surface area contributed by atoms with Crippen molar-refractivity contribution in [3.63, 3.8) is 0 Å². The molecule has 0 bridgehead atoms. The summed E-state index contributed by atoms with van der Waals surface area (Å²) in [5.74, 6) is 0.668. The Balaban J connectivity index is 1.94. The van der Waals surface area contributed by atoms with E-state index in [-0.39, 0.29) is 5.82 Å². The Morgan fingerprint density at radius 2 is 2.00 bits per heavy atom. The molecule has 2 aromatic rings. The molecule has 1 N–H and O–H groups in total. The van der Waals surface area contributed by atoms with Crippen LogP contribution < -0.4 is 5.32 Å². The van der Waals surface area contributed by atoms with Crippen LogP contribution in [0.1, 0.15) is 31.0 Å². The second kappa shape index (κ2) is 6.36. The van der Waals surface area contributed by atoms with Gasteiger partial charge in [-0.15, -0.1) is 0 Å². The number of aromatic nitrogens is 2. The number of nitrogens with one attached hydrogen (secondary N) is 1.